The Bertz CT molecular complexity index is 451. The van der Waals surface area contributed by atoms with E-state index >= 15 is 0 Å². The van der Waals surface area contributed by atoms with Crippen LogP contribution in [0.25, 0.3) is 0 Å². The molecule has 0 saturated heterocycles. The summed E-state index contributed by atoms with van der Waals surface area (Å²) in [5.74, 6) is -2.85. The molecule has 1 fully saturated rings. The molecule has 1 unspecified atom stereocenters. The van der Waals surface area contributed by atoms with E-state index in [2.05, 4.69) is 4.99 Å². The Kier molecular flexibility index (Phi) is 5.20. The summed E-state index contributed by atoms with van der Waals surface area (Å²) in [6.07, 6.45) is 1.58. The maximum Gasteiger partial charge on any atom is 0.316 e. The summed E-state index contributed by atoms with van der Waals surface area (Å²) < 4.78 is 4.74. The molecule has 5 nitrogen and oxygen atoms in total. The second kappa shape index (κ2) is 6.29. The number of ketones is 2. The van der Waals surface area contributed by atoms with E-state index in [1.54, 1.807) is 20.9 Å². The van der Waals surface area contributed by atoms with Gasteiger partial charge in [0.15, 0.2) is 5.78 Å². The average Bonchev–Trinajstić information content (AvgIpc) is 2.35. The second-order valence-electron chi connectivity index (χ2n) is 5.89. The van der Waals surface area contributed by atoms with E-state index in [0.29, 0.717) is 12.1 Å². The molecule has 0 aromatic carbocycles. The summed E-state index contributed by atoms with van der Waals surface area (Å²) in [5, 5.41) is 0. The second-order valence-corrected chi connectivity index (χ2v) is 5.89. The number of methoxy groups -OCH3 is 1. The highest BCUT2D eigenvalue weighted by atomic mass is 16.5. The predicted molar refractivity (Wildman–Crippen MR) is 75.7 cm³/mol. The number of hydrogen-bond acceptors (Lipinski definition) is 5. The van der Waals surface area contributed by atoms with E-state index in [-0.39, 0.29) is 18.0 Å². The summed E-state index contributed by atoms with van der Waals surface area (Å²) in [7, 11) is 2.84. The topological polar surface area (TPSA) is 72.8 Å². The van der Waals surface area contributed by atoms with Gasteiger partial charge in [0.05, 0.1) is 7.11 Å². The smallest absolute Gasteiger partial charge is 0.316 e. The van der Waals surface area contributed by atoms with E-state index in [0.717, 1.165) is 6.42 Å². The van der Waals surface area contributed by atoms with Crippen molar-refractivity contribution in [2.75, 3.05) is 14.2 Å². The van der Waals surface area contributed by atoms with Gasteiger partial charge >= 0.3 is 5.97 Å². The molecule has 1 rings (SSSR count). The summed E-state index contributed by atoms with van der Waals surface area (Å²) in [6.45, 7) is 5.47. The Labute approximate surface area is 119 Å². The van der Waals surface area contributed by atoms with Crippen molar-refractivity contribution in [3.05, 3.63) is 0 Å². The first-order valence-electron chi connectivity index (χ1n) is 6.90. The van der Waals surface area contributed by atoms with E-state index in [9.17, 15) is 14.4 Å². The van der Waals surface area contributed by atoms with E-state index in [1.165, 1.54) is 7.11 Å². The van der Waals surface area contributed by atoms with Gasteiger partial charge in [-0.1, -0.05) is 27.2 Å². The fourth-order valence-corrected chi connectivity index (χ4v) is 2.91. The van der Waals surface area contributed by atoms with Gasteiger partial charge in [-0.25, -0.2) is 0 Å². The number of carbonyl (C=O) groups is 3. The van der Waals surface area contributed by atoms with Gasteiger partial charge in [-0.15, -0.1) is 0 Å². The third-order valence-corrected chi connectivity index (χ3v) is 3.87. The van der Waals surface area contributed by atoms with Crippen molar-refractivity contribution < 1.29 is 19.1 Å². The lowest BCUT2D eigenvalue weighted by molar-refractivity contribution is -0.159. The summed E-state index contributed by atoms with van der Waals surface area (Å²) in [5.41, 5.74) is -0.130. The first-order valence-corrected chi connectivity index (χ1v) is 6.90. The fourth-order valence-electron chi connectivity index (χ4n) is 2.91. The van der Waals surface area contributed by atoms with Crippen molar-refractivity contribution in [2.24, 2.45) is 22.2 Å². The number of esters is 1. The van der Waals surface area contributed by atoms with Gasteiger partial charge in [0.1, 0.15) is 17.6 Å². The molecule has 5 heteroatoms. The standard InChI is InChI=1S/C15H23NO4/c1-6-7-9(16-4)11-10(17)8-15(2,3)12(13(11)18)14(19)20-5/h11-12H,6-8H2,1-5H3/t11?,12-/m1/s1. The minimum absolute atomic E-state index is 0.144. The van der Waals surface area contributed by atoms with E-state index < -0.39 is 23.2 Å². The van der Waals surface area contributed by atoms with Crippen LogP contribution in [0, 0.1) is 17.3 Å². The molecule has 0 aromatic heterocycles. The number of aliphatic imine (C=N–C) groups is 1. The molecule has 0 aromatic rings. The van der Waals surface area contributed by atoms with Crippen molar-refractivity contribution in [3.8, 4) is 0 Å². The first kappa shape index (κ1) is 16.5. The van der Waals surface area contributed by atoms with Crippen molar-refractivity contribution in [2.45, 2.75) is 40.0 Å². The molecule has 1 aliphatic carbocycles. The van der Waals surface area contributed by atoms with Crippen molar-refractivity contribution >= 4 is 23.2 Å². The van der Waals surface area contributed by atoms with Crippen LogP contribution in [0.1, 0.15) is 40.0 Å². The maximum atomic E-state index is 12.6. The number of nitrogens with zero attached hydrogens (tertiary/aromatic N) is 1. The number of ether oxygens (including phenoxy) is 1. The third-order valence-electron chi connectivity index (χ3n) is 3.87. The molecule has 1 saturated carbocycles. The molecule has 0 bridgehead atoms. The number of hydrogen-bond donors (Lipinski definition) is 0. The van der Waals surface area contributed by atoms with Crippen LogP contribution in [-0.4, -0.2) is 37.4 Å². The molecule has 1 aliphatic rings. The molecule has 0 amide bonds. The summed E-state index contributed by atoms with van der Waals surface area (Å²) in [6, 6.07) is 0. The van der Waals surface area contributed by atoms with Gasteiger partial charge < -0.3 is 4.74 Å². The highest BCUT2D eigenvalue weighted by Crippen LogP contribution is 2.40. The van der Waals surface area contributed by atoms with Crippen LogP contribution in [0.4, 0.5) is 0 Å². The van der Waals surface area contributed by atoms with Crippen LogP contribution >= 0.6 is 0 Å². The molecule has 0 N–H and O–H groups in total. The van der Waals surface area contributed by atoms with Gasteiger partial charge in [0, 0.05) is 19.2 Å². The van der Waals surface area contributed by atoms with Crippen LogP contribution in [-0.2, 0) is 19.1 Å². The van der Waals surface area contributed by atoms with E-state index in [1.807, 2.05) is 6.92 Å². The normalized spacial score (nSPS) is 26.6. The van der Waals surface area contributed by atoms with Crippen molar-refractivity contribution in [1.29, 1.82) is 0 Å². The molecule has 112 valence electrons. The van der Waals surface area contributed by atoms with Crippen LogP contribution in [0.5, 0.6) is 0 Å². The molecule has 0 spiro atoms. The van der Waals surface area contributed by atoms with Gasteiger partial charge in [-0.2, -0.15) is 0 Å². The van der Waals surface area contributed by atoms with Crippen molar-refractivity contribution in [1.82, 2.24) is 0 Å². The van der Waals surface area contributed by atoms with Crippen molar-refractivity contribution in [3.63, 3.8) is 0 Å². The number of Topliss-reactive ketones (excluding diaryl/α,β-unsaturated/α-hetero) is 2. The molecule has 20 heavy (non-hydrogen) atoms. The van der Waals surface area contributed by atoms with Gasteiger partial charge in [0.2, 0.25) is 0 Å². The SMILES string of the molecule is CCCC(=NC)C1C(=O)CC(C)(C)[C@@H](C(=O)OC)C1=O. The third kappa shape index (κ3) is 2.97. The highest BCUT2D eigenvalue weighted by Gasteiger charge is 2.52. The fraction of sp³-hybridized carbons (Fsp3) is 0.733. The summed E-state index contributed by atoms with van der Waals surface area (Å²) in [4.78, 5) is 40.9. The van der Waals surface area contributed by atoms with Crippen LogP contribution in [0.3, 0.4) is 0 Å². The Morgan fingerprint density at radius 3 is 2.45 bits per heavy atom. The molecular formula is C15H23NO4. The number of carbonyl (C=O) groups excluding carboxylic acids is 3. The molecular weight excluding hydrogens is 258 g/mol. The quantitative estimate of drug-likeness (QED) is 0.447. The van der Waals surface area contributed by atoms with Gasteiger partial charge in [-0.3, -0.25) is 19.4 Å². The lowest BCUT2D eigenvalue weighted by atomic mass is 9.63. The Morgan fingerprint density at radius 2 is 2.00 bits per heavy atom. The Hall–Kier alpha value is -1.52. The van der Waals surface area contributed by atoms with Gasteiger partial charge in [-0.05, 0) is 11.8 Å². The lowest BCUT2D eigenvalue weighted by Gasteiger charge is -2.38. The molecule has 0 aliphatic heterocycles. The monoisotopic (exact) mass is 281 g/mol. The van der Waals surface area contributed by atoms with Crippen LogP contribution in [0.15, 0.2) is 4.99 Å². The average molecular weight is 281 g/mol. The Balaban J connectivity index is 3.20. The zero-order chi connectivity index (χ0) is 15.5. The lowest BCUT2D eigenvalue weighted by Crippen LogP contribution is -2.52. The highest BCUT2D eigenvalue weighted by molar-refractivity contribution is 6.26. The molecule has 0 radical (unpaired) electrons. The largest absolute Gasteiger partial charge is 0.468 e. The minimum atomic E-state index is -0.899. The Morgan fingerprint density at radius 1 is 1.40 bits per heavy atom. The van der Waals surface area contributed by atoms with Crippen LogP contribution < -0.4 is 0 Å². The molecule has 0 heterocycles. The predicted octanol–water partition coefficient (Wildman–Crippen LogP) is 1.83. The summed E-state index contributed by atoms with van der Waals surface area (Å²) >= 11 is 0. The van der Waals surface area contributed by atoms with Gasteiger partial charge in [0.25, 0.3) is 0 Å². The van der Waals surface area contributed by atoms with E-state index in [4.69, 9.17) is 4.74 Å². The zero-order valence-corrected chi connectivity index (χ0v) is 12.9. The maximum absolute atomic E-state index is 12.6. The van der Waals surface area contributed by atoms with Crippen LogP contribution in [0.2, 0.25) is 0 Å². The molecule has 2 atom stereocenters. The zero-order valence-electron chi connectivity index (χ0n) is 12.9. The minimum Gasteiger partial charge on any atom is -0.468 e. The number of rotatable bonds is 4. The first-order chi connectivity index (χ1) is 9.30.